The quantitative estimate of drug-likeness (QED) is 0.0869. The molecule has 3 heterocycles. The van der Waals surface area contributed by atoms with Gasteiger partial charge in [-0.1, -0.05) is 40.0 Å². The highest BCUT2D eigenvalue weighted by atomic mass is 15.4. The van der Waals surface area contributed by atoms with Crippen molar-refractivity contribution in [3.63, 3.8) is 0 Å². The van der Waals surface area contributed by atoms with Gasteiger partial charge in [0.15, 0.2) is 0 Å². The SMILES string of the molecule is CCCCNc1nc(C)nc(NCN(C)CN(CNc2nc(C)nc(NCCCC)n2)c2nc(C)nc(NCCCC)n2)n1. The maximum atomic E-state index is 4.73. The van der Waals surface area contributed by atoms with E-state index in [0.29, 0.717) is 73.2 Å². The molecular formula is C28H50N16. The standard InChI is InChI=1S/C28H50N16/c1-8-11-14-29-23-34-20(4)36-26(40-23)32-17-43(7)19-44(28-39-22(6)38-25(42-28)31-16-13-10-3)18-33-27-37-21(5)35-24(41-27)30-15-12-9-2/h8-19H2,1-7H3,(H,31,38,39,42)(H2,29,32,34,36,40)(H2,30,33,35,37,41). The second kappa shape index (κ2) is 18.5. The van der Waals surface area contributed by atoms with Gasteiger partial charge in [0.05, 0.1) is 20.0 Å². The molecule has 0 radical (unpaired) electrons. The highest BCUT2D eigenvalue weighted by Crippen LogP contribution is 2.14. The molecule has 16 nitrogen and oxygen atoms in total. The molecule has 3 rings (SSSR count). The predicted octanol–water partition coefficient (Wildman–Crippen LogP) is 3.64. The summed E-state index contributed by atoms with van der Waals surface area (Å²) in [5.74, 6) is 5.09. The van der Waals surface area contributed by atoms with E-state index in [2.05, 4.69) is 92.1 Å². The maximum Gasteiger partial charge on any atom is 0.232 e. The van der Waals surface area contributed by atoms with Gasteiger partial charge in [0, 0.05) is 19.6 Å². The number of nitrogens with zero attached hydrogens (tertiary/aromatic N) is 11. The third-order valence-electron chi connectivity index (χ3n) is 6.30. The van der Waals surface area contributed by atoms with Crippen LogP contribution in [0.5, 0.6) is 0 Å². The van der Waals surface area contributed by atoms with E-state index in [-0.39, 0.29) is 0 Å². The Kier molecular flexibility index (Phi) is 14.4. The maximum absolute atomic E-state index is 4.73. The summed E-state index contributed by atoms with van der Waals surface area (Å²) in [5.41, 5.74) is 0. The van der Waals surface area contributed by atoms with E-state index in [9.17, 15) is 0 Å². The highest BCUT2D eigenvalue weighted by Gasteiger charge is 2.16. The van der Waals surface area contributed by atoms with Gasteiger partial charge >= 0.3 is 0 Å². The van der Waals surface area contributed by atoms with Crippen LogP contribution in [0.2, 0.25) is 0 Å². The van der Waals surface area contributed by atoms with Crippen molar-refractivity contribution in [1.82, 2.24) is 49.8 Å². The molecule has 242 valence electrons. The van der Waals surface area contributed by atoms with Crippen LogP contribution in [0.15, 0.2) is 0 Å². The first-order valence-corrected chi connectivity index (χ1v) is 15.6. The van der Waals surface area contributed by atoms with Crippen LogP contribution in [0.3, 0.4) is 0 Å². The minimum atomic E-state index is 0.344. The van der Waals surface area contributed by atoms with E-state index in [4.69, 9.17) is 4.98 Å². The third-order valence-corrected chi connectivity index (χ3v) is 6.30. The fraction of sp³-hybridized carbons (Fsp3) is 0.679. The molecule has 0 bridgehead atoms. The molecule has 0 amide bonds. The Morgan fingerprint density at radius 1 is 0.477 bits per heavy atom. The number of nitrogens with one attached hydrogen (secondary N) is 5. The van der Waals surface area contributed by atoms with Crippen LogP contribution < -0.4 is 31.5 Å². The van der Waals surface area contributed by atoms with Crippen molar-refractivity contribution in [2.45, 2.75) is 80.1 Å². The van der Waals surface area contributed by atoms with Crippen LogP contribution in [0, 0.1) is 20.8 Å². The molecule has 0 spiro atoms. The van der Waals surface area contributed by atoms with Crippen LogP contribution in [-0.4, -0.2) is 96.4 Å². The van der Waals surface area contributed by atoms with Gasteiger partial charge in [0.1, 0.15) is 17.5 Å². The number of rotatable bonds is 21. The largest absolute Gasteiger partial charge is 0.354 e. The molecular weight excluding hydrogens is 560 g/mol. The fourth-order valence-electron chi connectivity index (χ4n) is 4.00. The number of hydrogen-bond acceptors (Lipinski definition) is 16. The molecule has 0 aliphatic carbocycles. The Balaban J connectivity index is 1.75. The summed E-state index contributed by atoms with van der Waals surface area (Å²) in [7, 11) is 1.99. The van der Waals surface area contributed by atoms with Gasteiger partial charge in [-0.05, 0) is 47.1 Å². The molecule has 0 saturated heterocycles. The van der Waals surface area contributed by atoms with Crippen LogP contribution in [0.25, 0.3) is 0 Å². The fourth-order valence-corrected chi connectivity index (χ4v) is 4.00. The molecule has 16 heteroatoms. The van der Waals surface area contributed by atoms with E-state index < -0.39 is 0 Å². The molecule has 0 aliphatic rings. The lowest BCUT2D eigenvalue weighted by Gasteiger charge is -2.28. The normalized spacial score (nSPS) is 11.0. The zero-order valence-corrected chi connectivity index (χ0v) is 27.4. The van der Waals surface area contributed by atoms with Gasteiger partial charge in [-0.3, -0.25) is 4.90 Å². The Bertz CT molecular complexity index is 1270. The molecule has 0 aliphatic heterocycles. The predicted molar refractivity (Wildman–Crippen MR) is 176 cm³/mol. The van der Waals surface area contributed by atoms with Crippen molar-refractivity contribution in [3.8, 4) is 0 Å². The summed E-state index contributed by atoms with van der Waals surface area (Å²) < 4.78 is 0. The lowest BCUT2D eigenvalue weighted by Crippen LogP contribution is -2.42. The number of aromatic nitrogens is 9. The zero-order valence-electron chi connectivity index (χ0n) is 27.4. The van der Waals surface area contributed by atoms with Crippen LogP contribution >= 0.6 is 0 Å². The second-order valence-electron chi connectivity index (χ2n) is 10.6. The highest BCUT2D eigenvalue weighted by molar-refractivity contribution is 5.40. The summed E-state index contributed by atoms with van der Waals surface area (Å²) >= 11 is 0. The van der Waals surface area contributed by atoms with Gasteiger partial charge in [-0.15, -0.1) is 0 Å². The van der Waals surface area contributed by atoms with Crippen molar-refractivity contribution in [1.29, 1.82) is 0 Å². The van der Waals surface area contributed by atoms with Crippen LogP contribution in [-0.2, 0) is 0 Å². The summed E-state index contributed by atoms with van der Waals surface area (Å²) in [5, 5.41) is 16.5. The van der Waals surface area contributed by atoms with Crippen molar-refractivity contribution in [2.75, 3.05) is 78.2 Å². The Hall–Kier alpha value is -4.21. The van der Waals surface area contributed by atoms with Gasteiger partial charge in [-0.2, -0.15) is 44.9 Å². The molecule has 44 heavy (non-hydrogen) atoms. The summed E-state index contributed by atoms with van der Waals surface area (Å²) in [6.07, 6.45) is 6.38. The van der Waals surface area contributed by atoms with Crippen molar-refractivity contribution < 1.29 is 0 Å². The first-order valence-electron chi connectivity index (χ1n) is 15.6. The van der Waals surface area contributed by atoms with E-state index in [0.717, 1.165) is 58.2 Å². The van der Waals surface area contributed by atoms with E-state index in [1.807, 2.05) is 32.7 Å². The van der Waals surface area contributed by atoms with E-state index in [1.165, 1.54) is 0 Å². The van der Waals surface area contributed by atoms with Crippen LogP contribution in [0.1, 0.15) is 76.8 Å². The van der Waals surface area contributed by atoms with Crippen molar-refractivity contribution in [3.05, 3.63) is 17.5 Å². The smallest absolute Gasteiger partial charge is 0.232 e. The monoisotopic (exact) mass is 610 g/mol. The lowest BCUT2D eigenvalue weighted by atomic mass is 10.3. The summed E-state index contributed by atoms with van der Waals surface area (Å²) in [4.78, 5) is 44.8. The van der Waals surface area contributed by atoms with Gasteiger partial charge in [-0.25, -0.2) is 0 Å². The van der Waals surface area contributed by atoms with Gasteiger partial charge in [0.25, 0.3) is 0 Å². The topological polar surface area (TPSA) is 183 Å². The van der Waals surface area contributed by atoms with Crippen molar-refractivity contribution in [2.24, 2.45) is 0 Å². The number of unbranched alkanes of at least 4 members (excludes halogenated alkanes) is 3. The van der Waals surface area contributed by atoms with Gasteiger partial charge < -0.3 is 31.5 Å². The zero-order chi connectivity index (χ0) is 31.7. The molecule has 0 unspecified atom stereocenters. The Labute approximate surface area is 261 Å². The van der Waals surface area contributed by atoms with Crippen molar-refractivity contribution >= 4 is 35.7 Å². The molecule has 0 fully saturated rings. The number of anilines is 6. The molecule has 5 N–H and O–H groups in total. The molecule has 3 aromatic heterocycles. The van der Waals surface area contributed by atoms with Crippen LogP contribution in [0.4, 0.5) is 35.7 Å². The molecule has 0 atom stereocenters. The van der Waals surface area contributed by atoms with Gasteiger partial charge in [0.2, 0.25) is 35.7 Å². The first-order chi connectivity index (χ1) is 21.3. The average molecular weight is 611 g/mol. The lowest BCUT2D eigenvalue weighted by molar-refractivity contribution is 0.353. The molecule has 0 saturated carbocycles. The Morgan fingerprint density at radius 2 is 0.864 bits per heavy atom. The summed E-state index contributed by atoms with van der Waals surface area (Å²) in [6.45, 7) is 15.7. The Morgan fingerprint density at radius 3 is 1.32 bits per heavy atom. The first kappa shape index (κ1) is 34.3. The third kappa shape index (κ3) is 12.2. The summed E-state index contributed by atoms with van der Waals surface area (Å²) in [6, 6.07) is 0. The molecule has 0 aromatic carbocycles. The number of hydrogen-bond donors (Lipinski definition) is 5. The van der Waals surface area contributed by atoms with E-state index in [1.54, 1.807) is 0 Å². The second-order valence-corrected chi connectivity index (χ2v) is 10.6. The van der Waals surface area contributed by atoms with E-state index >= 15 is 0 Å². The molecule has 3 aromatic rings. The number of aryl methyl sites for hydroxylation is 3. The average Bonchev–Trinajstić information content (AvgIpc) is 2.98. The minimum absolute atomic E-state index is 0.344. The minimum Gasteiger partial charge on any atom is -0.354 e.